The maximum atomic E-state index is 12.7. The molecule has 1 aliphatic heterocycles. The molecule has 1 aromatic rings. The van der Waals surface area contributed by atoms with Crippen LogP contribution in [0.4, 0.5) is 4.39 Å². The third-order valence-electron chi connectivity index (χ3n) is 2.42. The maximum Gasteiger partial charge on any atom is 0.254 e. The lowest BCUT2D eigenvalue weighted by Crippen LogP contribution is -2.49. The van der Waals surface area contributed by atoms with Crippen LogP contribution in [-0.2, 0) is 4.79 Å². The van der Waals surface area contributed by atoms with Crippen LogP contribution in [0.3, 0.4) is 0 Å². The summed E-state index contributed by atoms with van der Waals surface area (Å²) in [4.78, 5) is 24.4. The van der Waals surface area contributed by atoms with Crippen LogP contribution in [-0.4, -0.2) is 36.3 Å². The van der Waals surface area contributed by atoms with Gasteiger partial charge in [-0.15, -0.1) is 0 Å². The molecule has 4 nitrogen and oxygen atoms in total. The Balaban J connectivity index is 2.12. The minimum atomic E-state index is -0.382. The van der Waals surface area contributed by atoms with Crippen molar-refractivity contribution in [3.63, 3.8) is 0 Å². The third kappa shape index (κ3) is 2.18. The average molecular weight is 222 g/mol. The van der Waals surface area contributed by atoms with Gasteiger partial charge in [-0.3, -0.25) is 9.59 Å². The van der Waals surface area contributed by atoms with Crippen molar-refractivity contribution in [2.75, 3.05) is 19.6 Å². The minimum Gasteiger partial charge on any atom is -0.353 e. The molecule has 0 unspecified atom stereocenters. The molecule has 0 aliphatic carbocycles. The number of benzene rings is 1. The standard InChI is InChI=1S/C11H11FN2O2/c12-9-3-1-8(2-4-9)11(16)14-6-5-13-10(15)7-14/h1-4H,5-7H2,(H,13,15). The van der Waals surface area contributed by atoms with Gasteiger partial charge in [-0.2, -0.15) is 0 Å². The Morgan fingerprint density at radius 2 is 2.00 bits per heavy atom. The summed E-state index contributed by atoms with van der Waals surface area (Å²) in [7, 11) is 0. The van der Waals surface area contributed by atoms with Gasteiger partial charge in [0.15, 0.2) is 0 Å². The third-order valence-corrected chi connectivity index (χ3v) is 2.42. The quantitative estimate of drug-likeness (QED) is 0.747. The molecule has 1 aromatic carbocycles. The highest BCUT2D eigenvalue weighted by Crippen LogP contribution is 2.07. The van der Waals surface area contributed by atoms with E-state index in [9.17, 15) is 14.0 Å². The normalized spacial score (nSPS) is 15.8. The molecule has 0 saturated carbocycles. The summed E-state index contributed by atoms with van der Waals surface area (Å²) < 4.78 is 12.7. The SMILES string of the molecule is O=C1CN(C(=O)c2ccc(F)cc2)CCN1. The van der Waals surface area contributed by atoms with Crippen molar-refractivity contribution in [2.45, 2.75) is 0 Å². The summed E-state index contributed by atoms with van der Waals surface area (Å²) in [5.41, 5.74) is 0.399. The number of nitrogens with zero attached hydrogens (tertiary/aromatic N) is 1. The van der Waals surface area contributed by atoms with Crippen LogP contribution in [0, 0.1) is 5.82 Å². The van der Waals surface area contributed by atoms with Crippen molar-refractivity contribution in [3.8, 4) is 0 Å². The molecule has 1 N–H and O–H groups in total. The van der Waals surface area contributed by atoms with Crippen molar-refractivity contribution in [1.82, 2.24) is 10.2 Å². The molecule has 1 aliphatic rings. The monoisotopic (exact) mass is 222 g/mol. The summed E-state index contributed by atoms with van der Waals surface area (Å²) in [6.45, 7) is 1.02. The molecule has 84 valence electrons. The highest BCUT2D eigenvalue weighted by atomic mass is 19.1. The van der Waals surface area contributed by atoms with Crippen LogP contribution in [0.5, 0.6) is 0 Å². The van der Waals surface area contributed by atoms with Crippen molar-refractivity contribution < 1.29 is 14.0 Å². The highest BCUT2D eigenvalue weighted by Gasteiger charge is 2.21. The largest absolute Gasteiger partial charge is 0.353 e. The van der Waals surface area contributed by atoms with E-state index >= 15 is 0 Å². The first-order valence-electron chi connectivity index (χ1n) is 4.98. The predicted octanol–water partition coefficient (Wildman–Crippen LogP) is 0.398. The molecular formula is C11H11FN2O2. The number of rotatable bonds is 1. The van der Waals surface area contributed by atoms with Crippen molar-refractivity contribution in [1.29, 1.82) is 0 Å². The molecule has 0 bridgehead atoms. The lowest BCUT2D eigenvalue weighted by molar-refractivity contribution is -0.123. The molecule has 2 rings (SSSR count). The molecule has 16 heavy (non-hydrogen) atoms. The van der Waals surface area contributed by atoms with Gasteiger partial charge in [-0.25, -0.2) is 4.39 Å². The van der Waals surface area contributed by atoms with E-state index in [0.29, 0.717) is 18.7 Å². The van der Waals surface area contributed by atoms with Crippen molar-refractivity contribution >= 4 is 11.8 Å². The number of hydrogen-bond donors (Lipinski definition) is 1. The number of carbonyl (C=O) groups is 2. The van der Waals surface area contributed by atoms with Gasteiger partial charge < -0.3 is 10.2 Å². The zero-order chi connectivity index (χ0) is 11.5. The van der Waals surface area contributed by atoms with E-state index in [1.54, 1.807) is 0 Å². The lowest BCUT2D eigenvalue weighted by atomic mass is 10.2. The number of piperazine rings is 1. The molecule has 0 atom stereocenters. The second-order valence-electron chi connectivity index (χ2n) is 3.58. The molecule has 0 aromatic heterocycles. The fraction of sp³-hybridized carbons (Fsp3) is 0.273. The minimum absolute atomic E-state index is 0.0657. The zero-order valence-corrected chi connectivity index (χ0v) is 8.57. The van der Waals surface area contributed by atoms with E-state index in [2.05, 4.69) is 5.32 Å². The van der Waals surface area contributed by atoms with E-state index in [1.165, 1.54) is 29.2 Å². The fourth-order valence-electron chi connectivity index (χ4n) is 1.59. The number of hydrogen-bond acceptors (Lipinski definition) is 2. The van der Waals surface area contributed by atoms with Gasteiger partial charge in [0.1, 0.15) is 5.82 Å². The summed E-state index contributed by atoms with van der Waals surface area (Å²) >= 11 is 0. The van der Waals surface area contributed by atoms with Crippen LogP contribution in [0.15, 0.2) is 24.3 Å². The number of amides is 2. The van der Waals surface area contributed by atoms with Crippen LogP contribution >= 0.6 is 0 Å². The smallest absolute Gasteiger partial charge is 0.254 e. The Morgan fingerprint density at radius 1 is 1.31 bits per heavy atom. The lowest BCUT2D eigenvalue weighted by Gasteiger charge is -2.26. The van der Waals surface area contributed by atoms with Crippen LogP contribution in [0.1, 0.15) is 10.4 Å². The van der Waals surface area contributed by atoms with Gasteiger partial charge in [0, 0.05) is 18.7 Å². The summed E-state index contributed by atoms with van der Waals surface area (Å²) in [6, 6.07) is 5.31. The topological polar surface area (TPSA) is 49.4 Å². The molecule has 1 heterocycles. The van der Waals surface area contributed by atoms with E-state index in [1.807, 2.05) is 0 Å². The molecular weight excluding hydrogens is 211 g/mol. The van der Waals surface area contributed by atoms with Crippen molar-refractivity contribution in [2.24, 2.45) is 0 Å². The van der Waals surface area contributed by atoms with Gasteiger partial charge in [0.25, 0.3) is 5.91 Å². The Hall–Kier alpha value is -1.91. The number of carbonyl (C=O) groups excluding carboxylic acids is 2. The van der Waals surface area contributed by atoms with Gasteiger partial charge in [0.05, 0.1) is 6.54 Å². The van der Waals surface area contributed by atoms with Crippen LogP contribution in [0.2, 0.25) is 0 Å². The Bertz CT molecular complexity index is 416. The zero-order valence-electron chi connectivity index (χ0n) is 8.57. The second-order valence-corrected chi connectivity index (χ2v) is 3.58. The summed E-state index contributed by atoms with van der Waals surface area (Å²) in [6.07, 6.45) is 0. The molecule has 5 heteroatoms. The summed E-state index contributed by atoms with van der Waals surface area (Å²) in [5, 5.41) is 2.63. The van der Waals surface area contributed by atoms with Crippen LogP contribution in [0.25, 0.3) is 0 Å². The van der Waals surface area contributed by atoms with Gasteiger partial charge in [0.2, 0.25) is 5.91 Å². The van der Waals surface area contributed by atoms with Gasteiger partial charge in [-0.05, 0) is 24.3 Å². The van der Waals surface area contributed by atoms with Crippen molar-refractivity contribution in [3.05, 3.63) is 35.6 Å². The number of halogens is 1. The Morgan fingerprint density at radius 3 is 2.62 bits per heavy atom. The number of nitrogens with one attached hydrogen (secondary N) is 1. The molecule has 2 amide bonds. The van der Waals surface area contributed by atoms with E-state index in [-0.39, 0.29) is 24.2 Å². The molecule has 1 saturated heterocycles. The first-order chi connectivity index (χ1) is 7.66. The van der Waals surface area contributed by atoms with E-state index in [4.69, 9.17) is 0 Å². The average Bonchev–Trinajstić information content (AvgIpc) is 2.29. The molecule has 0 spiro atoms. The van der Waals surface area contributed by atoms with Gasteiger partial charge in [-0.1, -0.05) is 0 Å². The fourth-order valence-corrected chi connectivity index (χ4v) is 1.59. The van der Waals surface area contributed by atoms with E-state index < -0.39 is 0 Å². The maximum absolute atomic E-state index is 12.7. The highest BCUT2D eigenvalue weighted by molar-refractivity contribution is 5.97. The summed E-state index contributed by atoms with van der Waals surface area (Å²) in [5.74, 6) is -0.788. The predicted molar refractivity (Wildman–Crippen MR) is 55.3 cm³/mol. The Labute approximate surface area is 92.0 Å². The van der Waals surface area contributed by atoms with E-state index in [0.717, 1.165) is 0 Å². The van der Waals surface area contributed by atoms with Crippen LogP contribution < -0.4 is 5.32 Å². The first-order valence-corrected chi connectivity index (χ1v) is 4.98. The first kappa shape index (κ1) is 10.6. The second kappa shape index (κ2) is 4.30. The molecule has 0 radical (unpaired) electrons. The molecule has 1 fully saturated rings. The van der Waals surface area contributed by atoms with Gasteiger partial charge >= 0.3 is 0 Å². The Kier molecular flexibility index (Phi) is 2.85.